The molecule has 0 aliphatic rings. The van der Waals surface area contributed by atoms with Crippen LogP contribution in [0, 0.1) is 5.41 Å². The second-order valence-electron chi connectivity index (χ2n) is 5.68. The van der Waals surface area contributed by atoms with E-state index in [1.807, 2.05) is 39.8 Å². The van der Waals surface area contributed by atoms with Gasteiger partial charge in [0, 0.05) is 21.8 Å². The molecule has 0 radical (unpaired) electrons. The van der Waals surface area contributed by atoms with E-state index in [4.69, 9.17) is 10.5 Å². The van der Waals surface area contributed by atoms with E-state index in [-0.39, 0.29) is 5.91 Å². The standard InChI is InChI=1S/C14H21BrN2O2/c1-13(2,14(3,4)16)12(18)17-10-6-9(15)7-11(8-10)19-5/h6-8H,16H2,1-5H3,(H,17,18). The topological polar surface area (TPSA) is 64.3 Å². The molecule has 0 atom stereocenters. The number of hydrogen-bond acceptors (Lipinski definition) is 3. The van der Waals surface area contributed by atoms with Crippen molar-refractivity contribution in [2.75, 3.05) is 12.4 Å². The first-order valence-electron chi connectivity index (χ1n) is 6.03. The number of halogens is 1. The summed E-state index contributed by atoms with van der Waals surface area (Å²) in [6.07, 6.45) is 0. The number of carbonyl (C=O) groups is 1. The molecule has 0 saturated carbocycles. The van der Waals surface area contributed by atoms with E-state index in [1.165, 1.54) is 0 Å². The molecule has 0 bridgehead atoms. The molecule has 0 spiro atoms. The highest BCUT2D eigenvalue weighted by Gasteiger charge is 2.40. The molecule has 0 fully saturated rings. The Morgan fingerprint density at radius 3 is 2.32 bits per heavy atom. The molecule has 1 amide bonds. The molecule has 0 unspecified atom stereocenters. The molecular formula is C14H21BrN2O2. The van der Waals surface area contributed by atoms with Crippen molar-refractivity contribution in [2.24, 2.45) is 11.1 Å². The lowest BCUT2D eigenvalue weighted by atomic mass is 9.74. The fraction of sp³-hybridized carbons (Fsp3) is 0.500. The Bertz CT molecular complexity index is 479. The number of nitrogens with one attached hydrogen (secondary N) is 1. The summed E-state index contributed by atoms with van der Waals surface area (Å²) in [6.45, 7) is 7.34. The number of ether oxygens (including phenoxy) is 1. The van der Waals surface area contributed by atoms with Gasteiger partial charge in [0.05, 0.1) is 12.5 Å². The van der Waals surface area contributed by atoms with Gasteiger partial charge in [0.25, 0.3) is 0 Å². The molecule has 0 aromatic heterocycles. The summed E-state index contributed by atoms with van der Waals surface area (Å²) in [5, 5.41) is 2.88. The molecule has 3 N–H and O–H groups in total. The smallest absolute Gasteiger partial charge is 0.231 e. The monoisotopic (exact) mass is 328 g/mol. The number of rotatable bonds is 4. The lowest BCUT2D eigenvalue weighted by Gasteiger charge is -2.36. The van der Waals surface area contributed by atoms with Gasteiger partial charge in [-0.05, 0) is 39.8 Å². The Kier molecular flexibility index (Phi) is 4.63. The summed E-state index contributed by atoms with van der Waals surface area (Å²) >= 11 is 3.38. The summed E-state index contributed by atoms with van der Waals surface area (Å²) in [4.78, 5) is 12.3. The molecule has 1 rings (SSSR count). The third-order valence-electron chi connectivity index (χ3n) is 3.54. The highest BCUT2D eigenvalue weighted by atomic mass is 79.9. The van der Waals surface area contributed by atoms with Crippen molar-refractivity contribution in [3.05, 3.63) is 22.7 Å². The average Bonchev–Trinajstić information content (AvgIpc) is 2.26. The van der Waals surface area contributed by atoms with Gasteiger partial charge >= 0.3 is 0 Å². The van der Waals surface area contributed by atoms with Gasteiger partial charge in [0.15, 0.2) is 0 Å². The van der Waals surface area contributed by atoms with Gasteiger partial charge < -0.3 is 15.8 Å². The lowest BCUT2D eigenvalue weighted by molar-refractivity contribution is -0.126. The van der Waals surface area contributed by atoms with Crippen LogP contribution in [-0.4, -0.2) is 18.6 Å². The van der Waals surface area contributed by atoms with Crippen molar-refractivity contribution in [1.29, 1.82) is 0 Å². The normalized spacial score (nSPS) is 12.2. The summed E-state index contributed by atoms with van der Waals surface area (Å²) in [5.41, 5.74) is 5.42. The van der Waals surface area contributed by atoms with Crippen LogP contribution in [0.3, 0.4) is 0 Å². The molecule has 0 heterocycles. The maximum absolute atomic E-state index is 12.3. The average molecular weight is 329 g/mol. The van der Waals surface area contributed by atoms with Gasteiger partial charge in [-0.1, -0.05) is 15.9 Å². The molecule has 1 aromatic rings. The zero-order valence-corrected chi connectivity index (χ0v) is 13.6. The van der Waals surface area contributed by atoms with Crippen molar-refractivity contribution in [1.82, 2.24) is 0 Å². The van der Waals surface area contributed by atoms with Gasteiger partial charge in [-0.3, -0.25) is 4.79 Å². The second-order valence-corrected chi connectivity index (χ2v) is 6.60. The van der Waals surface area contributed by atoms with Crippen molar-refractivity contribution in [2.45, 2.75) is 33.2 Å². The number of nitrogens with two attached hydrogens (primary N) is 1. The van der Waals surface area contributed by atoms with Gasteiger partial charge in [0.1, 0.15) is 5.75 Å². The van der Waals surface area contributed by atoms with Crippen molar-refractivity contribution in [3.63, 3.8) is 0 Å². The third-order valence-corrected chi connectivity index (χ3v) is 4.00. The van der Waals surface area contributed by atoms with Crippen LogP contribution in [0.1, 0.15) is 27.7 Å². The van der Waals surface area contributed by atoms with Gasteiger partial charge in [-0.2, -0.15) is 0 Å². The summed E-state index contributed by atoms with van der Waals surface area (Å²) < 4.78 is 6.00. The molecule has 4 nitrogen and oxygen atoms in total. The van der Waals surface area contributed by atoms with Gasteiger partial charge in [0.2, 0.25) is 5.91 Å². The predicted octanol–water partition coefficient (Wildman–Crippen LogP) is 3.16. The number of hydrogen-bond donors (Lipinski definition) is 2. The number of amides is 1. The summed E-state index contributed by atoms with van der Waals surface area (Å²) in [7, 11) is 1.58. The maximum Gasteiger partial charge on any atom is 0.231 e. The molecule has 19 heavy (non-hydrogen) atoms. The van der Waals surface area contributed by atoms with Crippen LogP contribution in [-0.2, 0) is 4.79 Å². The van der Waals surface area contributed by atoms with Crippen LogP contribution in [0.5, 0.6) is 5.75 Å². The number of benzene rings is 1. The van der Waals surface area contributed by atoms with E-state index < -0.39 is 11.0 Å². The zero-order chi connectivity index (χ0) is 14.8. The van der Waals surface area contributed by atoms with Gasteiger partial charge in [-0.15, -0.1) is 0 Å². The first-order valence-corrected chi connectivity index (χ1v) is 6.82. The summed E-state index contributed by atoms with van der Waals surface area (Å²) in [6, 6.07) is 5.41. The molecule has 0 saturated heterocycles. The number of carbonyl (C=O) groups excluding carboxylic acids is 1. The fourth-order valence-corrected chi connectivity index (χ4v) is 1.80. The van der Waals surface area contributed by atoms with Crippen LogP contribution in [0.25, 0.3) is 0 Å². The van der Waals surface area contributed by atoms with Crippen LogP contribution < -0.4 is 15.8 Å². The van der Waals surface area contributed by atoms with Crippen molar-refractivity contribution >= 4 is 27.5 Å². The lowest BCUT2D eigenvalue weighted by Crippen LogP contribution is -2.53. The van der Waals surface area contributed by atoms with E-state index in [9.17, 15) is 4.79 Å². The first kappa shape index (κ1) is 16.0. The fourth-order valence-electron chi connectivity index (χ4n) is 1.33. The highest BCUT2D eigenvalue weighted by Crippen LogP contribution is 2.31. The number of methoxy groups -OCH3 is 1. The first-order chi connectivity index (χ1) is 8.57. The number of anilines is 1. The van der Waals surface area contributed by atoms with Crippen molar-refractivity contribution in [3.8, 4) is 5.75 Å². The molecule has 0 aliphatic carbocycles. The Morgan fingerprint density at radius 1 is 1.26 bits per heavy atom. The van der Waals surface area contributed by atoms with Crippen LogP contribution in [0.4, 0.5) is 5.69 Å². The quantitative estimate of drug-likeness (QED) is 0.892. The van der Waals surface area contributed by atoms with Gasteiger partial charge in [-0.25, -0.2) is 0 Å². The predicted molar refractivity (Wildman–Crippen MR) is 81.4 cm³/mol. The minimum atomic E-state index is -0.692. The van der Waals surface area contributed by atoms with E-state index in [0.29, 0.717) is 11.4 Å². The molecular weight excluding hydrogens is 308 g/mol. The highest BCUT2D eigenvalue weighted by molar-refractivity contribution is 9.10. The Balaban J connectivity index is 2.97. The summed E-state index contributed by atoms with van der Waals surface area (Å²) in [5.74, 6) is 0.551. The Labute approximate surface area is 122 Å². The van der Waals surface area contributed by atoms with E-state index in [2.05, 4.69) is 21.2 Å². The molecule has 0 aliphatic heterocycles. The van der Waals surface area contributed by atoms with Crippen LogP contribution >= 0.6 is 15.9 Å². The SMILES string of the molecule is COc1cc(Br)cc(NC(=O)C(C)(C)C(C)(C)N)c1. The Morgan fingerprint density at radius 2 is 1.84 bits per heavy atom. The third kappa shape index (κ3) is 3.70. The van der Waals surface area contributed by atoms with E-state index >= 15 is 0 Å². The zero-order valence-electron chi connectivity index (χ0n) is 12.0. The molecule has 1 aromatic carbocycles. The second kappa shape index (κ2) is 5.51. The largest absolute Gasteiger partial charge is 0.497 e. The van der Waals surface area contributed by atoms with E-state index in [0.717, 1.165) is 4.47 Å². The Hall–Kier alpha value is -1.07. The maximum atomic E-state index is 12.3. The van der Waals surface area contributed by atoms with Crippen molar-refractivity contribution < 1.29 is 9.53 Å². The molecule has 5 heteroatoms. The minimum absolute atomic E-state index is 0.125. The van der Waals surface area contributed by atoms with Crippen LogP contribution in [0.2, 0.25) is 0 Å². The van der Waals surface area contributed by atoms with Crippen LogP contribution in [0.15, 0.2) is 22.7 Å². The molecule has 106 valence electrons. The van der Waals surface area contributed by atoms with E-state index in [1.54, 1.807) is 13.2 Å². The minimum Gasteiger partial charge on any atom is -0.497 e.